The molecule has 1 aromatic heterocycles. The third-order valence-corrected chi connectivity index (χ3v) is 5.49. The number of thioether (sulfide) groups is 1. The quantitative estimate of drug-likeness (QED) is 0.215. The Morgan fingerprint density at radius 3 is 2.65 bits per heavy atom. The molecule has 0 saturated heterocycles. The molecule has 1 atom stereocenters. The summed E-state index contributed by atoms with van der Waals surface area (Å²) >= 11 is 1.18. The van der Waals surface area contributed by atoms with Gasteiger partial charge in [0.25, 0.3) is 0 Å². The first-order chi connectivity index (χ1) is 14.9. The SMILES string of the molecule is C#CCOc1ccc([C@@H](C[N+](=O)[O-])Sc2nnc(C)n2-c2ccc(F)cc2)cc1OC. The van der Waals surface area contributed by atoms with Crippen LogP contribution in [0.4, 0.5) is 4.39 Å². The molecule has 160 valence electrons. The Balaban J connectivity index is 1.96. The van der Waals surface area contributed by atoms with E-state index in [1.165, 1.54) is 31.0 Å². The molecule has 0 N–H and O–H groups in total. The van der Waals surface area contributed by atoms with Crippen LogP contribution in [-0.4, -0.2) is 39.9 Å². The lowest BCUT2D eigenvalue weighted by Gasteiger charge is -2.16. The van der Waals surface area contributed by atoms with E-state index in [-0.39, 0.29) is 19.0 Å². The highest BCUT2D eigenvalue weighted by molar-refractivity contribution is 7.99. The molecule has 31 heavy (non-hydrogen) atoms. The van der Waals surface area contributed by atoms with Gasteiger partial charge in [0.1, 0.15) is 23.5 Å². The lowest BCUT2D eigenvalue weighted by atomic mass is 10.1. The van der Waals surface area contributed by atoms with Crippen molar-refractivity contribution in [3.8, 4) is 29.5 Å². The van der Waals surface area contributed by atoms with E-state index >= 15 is 0 Å². The van der Waals surface area contributed by atoms with Gasteiger partial charge < -0.3 is 9.47 Å². The fourth-order valence-electron chi connectivity index (χ4n) is 2.90. The van der Waals surface area contributed by atoms with Gasteiger partial charge in [0, 0.05) is 10.6 Å². The summed E-state index contributed by atoms with van der Waals surface area (Å²) in [5, 5.41) is 19.5. The number of aromatic nitrogens is 3. The number of ether oxygens (including phenoxy) is 2. The first kappa shape index (κ1) is 22.1. The van der Waals surface area contributed by atoms with Crippen LogP contribution in [0.25, 0.3) is 5.69 Å². The van der Waals surface area contributed by atoms with Gasteiger partial charge in [-0.25, -0.2) is 4.39 Å². The second-order valence-corrected chi connectivity index (χ2v) is 7.54. The lowest BCUT2D eigenvalue weighted by molar-refractivity contribution is -0.479. The molecule has 0 spiro atoms. The Bertz CT molecular complexity index is 1110. The second kappa shape index (κ2) is 9.95. The van der Waals surface area contributed by atoms with E-state index < -0.39 is 10.2 Å². The molecule has 0 aliphatic rings. The summed E-state index contributed by atoms with van der Waals surface area (Å²) in [6, 6.07) is 10.9. The van der Waals surface area contributed by atoms with Crippen molar-refractivity contribution in [1.29, 1.82) is 0 Å². The van der Waals surface area contributed by atoms with Crippen molar-refractivity contribution in [3.05, 3.63) is 69.8 Å². The number of methoxy groups -OCH3 is 1. The van der Waals surface area contributed by atoms with Gasteiger partial charge in [0.15, 0.2) is 16.7 Å². The third-order valence-electron chi connectivity index (χ3n) is 4.31. The van der Waals surface area contributed by atoms with Gasteiger partial charge in [-0.15, -0.1) is 16.6 Å². The van der Waals surface area contributed by atoms with Crippen molar-refractivity contribution in [2.45, 2.75) is 17.3 Å². The summed E-state index contributed by atoms with van der Waals surface area (Å²) in [7, 11) is 1.48. The van der Waals surface area contributed by atoms with Gasteiger partial charge in [-0.05, 0) is 48.9 Å². The molecule has 8 nitrogen and oxygen atoms in total. The van der Waals surface area contributed by atoms with Crippen molar-refractivity contribution in [2.24, 2.45) is 0 Å². The van der Waals surface area contributed by atoms with E-state index in [9.17, 15) is 14.5 Å². The minimum atomic E-state index is -0.589. The fraction of sp³-hybridized carbons (Fsp3) is 0.238. The third kappa shape index (κ3) is 5.32. The first-order valence-electron chi connectivity index (χ1n) is 9.13. The highest BCUT2D eigenvalue weighted by Gasteiger charge is 2.25. The Kier molecular flexibility index (Phi) is 7.10. The Morgan fingerprint density at radius 1 is 1.26 bits per heavy atom. The van der Waals surface area contributed by atoms with E-state index in [0.717, 1.165) is 0 Å². The van der Waals surface area contributed by atoms with Gasteiger partial charge in [-0.1, -0.05) is 23.7 Å². The Morgan fingerprint density at radius 2 is 2.00 bits per heavy atom. The van der Waals surface area contributed by atoms with Crippen LogP contribution in [0, 0.1) is 35.2 Å². The number of hydrogen-bond acceptors (Lipinski definition) is 7. The molecule has 1 heterocycles. The molecule has 0 aliphatic heterocycles. The number of benzene rings is 2. The maximum Gasteiger partial charge on any atom is 0.220 e. The van der Waals surface area contributed by atoms with E-state index in [2.05, 4.69) is 16.1 Å². The maximum atomic E-state index is 13.3. The summed E-state index contributed by atoms with van der Waals surface area (Å²) in [6.07, 6.45) is 5.23. The number of rotatable bonds is 9. The molecule has 10 heteroatoms. The van der Waals surface area contributed by atoms with Crippen LogP contribution in [0.5, 0.6) is 11.5 Å². The highest BCUT2D eigenvalue weighted by Crippen LogP contribution is 2.39. The molecule has 0 saturated carbocycles. The zero-order valence-corrected chi connectivity index (χ0v) is 17.6. The molecule has 0 radical (unpaired) electrons. The second-order valence-electron chi connectivity index (χ2n) is 6.37. The summed E-state index contributed by atoms with van der Waals surface area (Å²) in [5.41, 5.74) is 1.31. The van der Waals surface area contributed by atoms with Crippen LogP contribution in [0.1, 0.15) is 16.6 Å². The molecule has 3 rings (SSSR count). The minimum Gasteiger partial charge on any atom is -0.493 e. The molecule has 0 aliphatic carbocycles. The maximum absolute atomic E-state index is 13.3. The van der Waals surface area contributed by atoms with Gasteiger partial charge in [0.2, 0.25) is 6.54 Å². The smallest absolute Gasteiger partial charge is 0.220 e. The van der Waals surface area contributed by atoms with E-state index in [0.29, 0.717) is 33.7 Å². The Labute approximate surface area is 182 Å². The zero-order valence-electron chi connectivity index (χ0n) is 16.8. The molecule has 0 bridgehead atoms. The van der Waals surface area contributed by atoms with Crippen molar-refractivity contribution in [3.63, 3.8) is 0 Å². The van der Waals surface area contributed by atoms with Gasteiger partial charge in [0.05, 0.1) is 7.11 Å². The number of terminal acetylenes is 1. The van der Waals surface area contributed by atoms with E-state index in [1.807, 2.05) is 0 Å². The number of nitro groups is 1. The normalized spacial score (nSPS) is 11.5. The average Bonchev–Trinajstić information content (AvgIpc) is 3.12. The summed E-state index contributed by atoms with van der Waals surface area (Å²) in [4.78, 5) is 11.0. The van der Waals surface area contributed by atoms with Crippen LogP contribution in [0.15, 0.2) is 47.6 Å². The van der Waals surface area contributed by atoms with Crippen LogP contribution in [0.2, 0.25) is 0 Å². The summed E-state index contributed by atoms with van der Waals surface area (Å²) in [6.45, 7) is 1.47. The van der Waals surface area contributed by atoms with Gasteiger partial charge in [-0.2, -0.15) is 0 Å². The summed E-state index contributed by atoms with van der Waals surface area (Å²) < 4.78 is 25.9. The lowest BCUT2D eigenvalue weighted by Crippen LogP contribution is -2.11. The van der Waals surface area contributed by atoms with Crippen molar-refractivity contribution in [2.75, 3.05) is 20.3 Å². The number of halogens is 1. The highest BCUT2D eigenvalue weighted by atomic mass is 32.2. The van der Waals surface area contributed by atoms with Gasteiger partial charge >= 0.3 is 0 Å². The van der Waals surface area contributed by atoms with Crippen LogP contribution in [-0.2, 0) is 0 Å². The molecular formula is C21H19FN4O4S. The van der Waals surface area contributed by atoms with E-state index in [1.54, 1.807) is 41.8 Å². The van der Waals surface area contributed by atoms with Crippen LogP contribution >= 0.6 is 11.8 Å². The minimum absolute atomic E-state index is 0.0723. The fourth-order valence-corrected chi connectivity index (χ4v) is 4.07. The number of nitrogens with zero attached hydrogens (tertiary/aromatic N) is 4. The average molecular weight is 442 g/mol. The van der Waals surface area contributed by atoms with Crippen molar-refractivity contribution >= 4 is 11.8 Å². The molecule has 0 amide bonds. The zero-order chi connectivity index (χ0) is 22.4. The standard InChI is InChI=1S/C21H19FN4O4S/c1-4-11-30-18-10-5-15(12-19(18)29-3)20(13-25(27)28)31-21-24-23-14(2)26(21)17-8-6-16(22)7-9-17/h1,5-10,12,20H,11,13H2,2-3H3/t20-/m1/s1. The number of hydrogen-bond donors (Lipinski definition) is 0. The number of aryl methyl sites for hydroxylation is 1. The first-order valence-corrected chi connectivity index (χ1v) is 10.0. The van der Waals surface area contributed by atoms with Gasteiger partial charge in [-0.3, -0.25) is 14.7 Å². The molecule has 0 fully saturated rings. The van der Waals surface area contributed by atoms with Crippen molar-refractivity contribution in [1.82, 2.24) is 14.8 Å². The largest absolute Gasteiger partial charge is 0.493 e. The molecule has 3 aromatic rings. The van der Waals surface area contributed by atoms with E-state index in [4.69, 9.17) is 15.9 Å². The monoisotopic (exact) mass is 442 g/mol. The summed E-state index contributed by atoms with van der Waals surface area (Å²) in [5.74, 6) is 3.44. The molecular weight excluding hydrogens is 423 g/mol. The predicted molar refractivity (Wildman–Crippen MR) is 114 cm³/mol. The molecule has 0 unspecified atom stereocenters. The van der Waals surface area contributed by atoms with Crippen molar-refractivity contribution < 1.29 is 18.8 Å². The predicted octanol–water partition coefficient (Wildman–Crippen LogP) is 3.85. The van der Waals surface area contributed by atoms with Crippen LogP contribution in [0.3, 0.4) is 0 Å². The van der Waals surface area contributed by atoms with Crippen LogP contribution < -0.4 is 9.47 Å². The topological polar surface area (TPSA) is 92.3 Å². The Hall–Kier alpha value is -3.58. The molecule has 2 aromatic carbocycles.